The Hall–Kier alpha value is -2.78. The summed E-state index contributed by atoms with van der Waals surface area (Å²) in [6, 6.07) is 21.7. The van der Waals surface area contributed by atoms with Gasteiger partial charge in [-0.3, -0.25) is 0 Å². The van der Waals surface area contributed by atoms with Gasteiger partial charge in [0.15, 0.2) is 0 Å². The maximum atomic E-state index is 12.7. The van der Waals surface area contributed by atoms with Crippen LogP contribution in [-0.4, -0.2) is 11.6 Å². The van der Waals surface area contributed by atoms with E-state index in [2.05, 4.69) is 18.6 Å². The van der Waals surface area contributed by atoms with Crippen molar-refractivity contribution in [2.45, 2.75) is 64.6 Å². The summed E-state index contributed by atoms with van der Waals surface area (Å²) in [5.41, 5.74) is 4.23. The lowest BCUT2D eigenvalue weighted by molar-refractivity contribution is 0.00694. The van der Waals surface area contributed by atoms with E-state index in [0.717, 1.165) is 22.4 Å². The second-order valence-corrected chi connectivity index (χ2v) is 10.3. The van der Waals surface area contributed by atoms with Crippen molar-refractivity contribution in [2.75, 3.05) is 0 Å². The predicted octanol–water partition coefficient (Wildman–Crippen LogP) is 8.40. The van der Waals surface area contributed by atoms with Gasteiger partial charge in [0, 0.05) is 5.02 Å². The normalized spacial score (nSPS) is 14.6. The van der Waals surface area contributed by atoms with Crippen LogP contribution in [0.4, 0.5) is 0 Å². The maximum absolute atomic E-state index is 12.7. The molecule has 1 aliphatic rings. The van der Waals surface area contributed by atoms with Crippen LogP contribution >= 0.6 is 11.6 Å². The molecule has 3 aromatic carbocycles. The summed E-state index contributed by atoms with van der Waals surface area (Å²) in [6.07, 6.45) is 7.45. The summed E-state index contributed by atoms with van der Waals surface area (Å²) >= 11 is 6.09. The van der Waals surface area contributed by atoms with Gasteiger partial charge in [-0.25, -0.2) is 4.79 Å². The molecule has 1 unspecified atom stereocenters. The van der Waals surface area contributed by atoms with E-state index in [1.807, 2.05) is 69.3 Å². The molecule has 0 amide bonds. The zero-order chi connectivity index (χ0) is 24.1. The first-order valence-corrected chi connectivity index (χ1v) is 12.3. The minimum atomic E-state index is -0.555. The van der Waals surface area contributed by atoms with Gasteiger partial charge in [-0.05, 0) is 105 Å². The van der Waals surface area contributed by atoms with Crippen LogP contribution < -0.4 is 4.74 Å². The minimum Gasteiger partial charge on any atom is -0.489 e. The van der Waals surface area contributed by atoms with Crippen LogP contribution in [0, 0.1) is 6.42 Å². The van der Waals surface area contributed by atoms with Crippen LogP contribution in [0.1, 0.15) is 73.9 Å². The average molecular weight is 476 g/mol. The molecule has 0 saturated heterocycles. The number of carbonyl (C=O) groups is 1. The lowest BCUT2D eigenvalue weighted by Crippen LogP contribution is -2.24. The fourth-order valence-electron chi connectivity index (χ4n) is 4.31. The van der Waals surface area contributed by atoms with Crippen molar-refractivity contribution in [1.29, 1.82) is 0 Å². The van der Waals surface area contributed by atoms with Crippen LogP contribution in [0.25, 0.3) is 11.1 Å². The topological polar surface area (TPSA) is 35.5 Å². The Balaban J connectivity index is 1.55. The van der Waals surface area contributed by atoms with Gasteiger partial charge in [-0.1, -0.05) is 54.8 Å². The summed E-state index contributed by atoms with van der Waals surface area (Å²) in [5, 5.41) is 0.683. The molecule has 1 fully saturated rings. The summed E-state index contributed by atoms with van der Waals surface area (Å²) in [5.74, 6) is 1.01. The third-order valence-electron chi connectivity index (χ3n) is 6.02. The van der Waals surface area contributed by atoms with Gasteiger partial charge in [0.25, 0.3) is 0 Å². The monoisotopic (exact) mass is 475 g/mol. The summed E-state index contributed by atoms with van der Waals surface area (Å²) in [4.78, 5) is 12.7. The molecule has 0 heterocycles. The number of hydrogen-bond donors (Lipinski definition) is 0. The number of ether oxygens (including phenoxy) is 2. The molecule has 4 rings (SSSR count). The van der Waals surface area contributed by atoms with E-state index in [0.29, 0.717) is 23.1 Å². The van der Waals surface area contributed by atoms with Crippen LogP contribution in [0.5, 0.6) is 5.75 Å². The summed E-state index contributed by atoms with van der Waals surface area (Å²) in [6.45, 7) is 5.94. The van der Waals surface area contributed by atoms with Gasteiger partial charge < -0.3 is 9.47 Å². The maximum Gasteiger partial charge on any atom is 0.338 e. The Kier molecular flexibility index (Phi) is 7.63. The van der Waals surface area contributed by atoms with Gasteiger partial charge in [0.2, 0.25) is 0 Å². The van der Waals surface area contributed by atoms with Crippen LogP contribution in [0.3, 0.4) is 0 Å². The number of carbonyl (C=O) groups excluding carboxylic acids is 1. The van der Waals surface area contributed by atoms with Gasteiger partial charge in [-0.15, -0.1) is 0 Å². The highest BCUT2D eigenvalue weighted by Gasteiger charge is 2.20. The van der Waals surface area contributed by atoms with E-state index >= 15 is 0 Å². The Morgan fingerprint density at radius 1 is 0.971 bits per heavy atom. The van der Waals surface area contributed by atoms with Crippen molar-refractivity contribution in [3.8, 4) is 16.9 Å². The molecule has 177 valence electrons. The number of benzene rings is 3. The molecule has 3 nitrogen and oxygen atoms in total. The Morgan fingerprint density at radius 2 is 1.71 bits per heavy atom. The molecule has 3 aromatic rings. The molecule has 0 N–H and O–H groups in total. The van der Waals surface area contributed by atoms with E-state index < -0.39 is 5.60 Å². The van der Waals surface area contributed by atoms with E-state index in [1.54, 1.807) is 6.07 Å². The Morgan fingerprint density at radius 3 is 2.35 bits per heavy atom. The van der Waals surface area contributed by atoms with Crippen molar-refractivity contribution in [1.82, 2.24) is 0 Å². The molecule has 4 heteroatoms. The Labute approximate surface area is 208 Å². The third-order valence-corrected chi connectivity index (χ3v) is 6.27. The quantitative estimate of drug-likeness (QED) is 0.335. The first-order valence-electron chi connectivity index (χ1n) is 12.0. The molecule has 0 bridgehead atoms. The number of rotatable bonds is 6. The van der Waals surface area contributed by atoms with E-state index in [9.17, 15) is 4.79 Å². The molecular weight excluding hydrogens is 444 g/mol. The zero-order valence-electron chi connectivity index (χ0n) is 20.1. The summed E-state index contributed by atoms with van der Waals surface area (Å²) < 4.78 is 11.7. The van der Waals surface area contributed by atoms with Gasteiger partial charge >= 0.3 is 5.97 Å². The van der Waals surface area contributed by atoms with Crippen molar-refractivity contribution in [3.05, 3.63) is 94.9 Å². The number of esters is 1. The lowest BCUT2D eigenvalue weighted by atomic mass is 9.84. The molecular formula is C30H32ClO3. The third kappa shape index (κ3) is 6.42. The van der Waals surface area contributed by atoms with E-state index in [-0.39, 0.29) is 5.97 Å². The standard InChI is InChI=1S/C30H32ClO3/c1-30(2,3)34-29(32)24-13-18-28(23-9-14-26(31)15-10-23)25(19-24)20-33-27-16-11-22(12-17-27)21-7-5-4-6-8-21/h7,9-19,21H,4-6,8,20H2,1-3H3. The van der Waals surface area contributed by atoms with Crippen molar-refractivity contribution < 1.29 is 14.3 Å². The van der Waals surface area contributed by atoms with E-state index in [1.165, 1.54) is 31.2 Å². The molecule has 1 saturated carbocycles. The highest BCUT2D eigenvalue weighted by molar-refractivity contribution is 6.30. The largest absolute Gasteiger partial charge is 0.489 e. The number of halogens is 1. The molecule has 0 aromatic heterocycles. The lowest BCUT2D eigenvalue weighted by Gasteiger charge is -2.22. The smallest absolute Gasteiger partial charge is 0.338 e. The second-order valence-electron chi connectivity index (χ2n) is 9.87. The highest BCUT2D eigenvalue weighted by Crippen LogP contribution is 2.33. The number of hydrogen-bond acceptors (Lipinski definition) is 3. The molecule has 1 atom stereocenters. The molecule has 1 aliphatic carbocycles. The summed E-state index contributed by atoms with van der Waals surface area (Å²) in [7, 11) is 0. The first-order chi connectivity index (χ1) is 16.3. The molecule has 0 spiro atoms. The van der Waals surface area contributed by atoms with Crippen molar-refractivity contribution >= 4 is 17.6 Å². The highest BCUT2D eigenvalue weighted by atomic mass is 35.5. The van der Waals surface area contributed by atoms with Crippen molar-refractivity contribution in [2.24, 2.45) is 0 Å². The van der Waals surface area contributed by atoms with Crippen LogP contribution in [0.15, 0.2) is 66.7 Å². The first kappa shape index (κ1) is 24.3. The van der Waals surface area contributed by atoms with E-state index in [4.69, 9.17) is 21.1 Å². The average Bonchev–Trinajstić information content (AvgIpc) is 2.83. The SMILES string of the molecule is CC(C)(C)OC(=O)c1ccc(-c2ccc(Cl)cc2)c(COc2ccc(C3[CH]CCCC3)cc2)c1. The van der Waals surface area contributed by atoms with Gasteiger partial charge in [-0.2, -0.15) is 0 Å². The molecule has 1 radical (unpaired) electrons. The fourth-order valence-corrected chi connectivity index (χ4v) is 4.43. The molecule has 34 heavy (non-hydrogen) atoms. The van der Waals surface area contributed by atoms with Crippen LogP contribution in [0.2, 0.25) is 5.02 Å². The minimum absolute atomic E-state index is 0.337. The Bertz CT molecular complexity index is 1110. The van der Waals surface area contributed by atoms with Crippen LogP contribution in [-0.2, 0) is 11.3 Å². The van der Waals surface area contributed by atoms with Gasteiger partial charge in [0.05, 0.1) is 5.56 Å². The van der Waals surface area contributed by atoms with Crippen molar-refractivity contribution in [3.63, 3.8) is 0 Å². The zero-order valence-corrected chi connectivity index (χ0v) is 20.9. The second kappa shape index (κ2) is 10.7. The van der Waals surface area contributed by atoms with Gasteiger partial charge in [0.1, 0.15) is 18.0 Å². The fraction of sp³-hybridized carbons (Fsp3) is 0.333. The predicted molar refractivity (Wildman–Crippen MR) is 138 cm³/mol. The molecule has 0 aliphatic heterocycles.